The summed E-state index contributed by atoms with van der Waals surface area (Å²) in [5, 5.41) is 0.0859. The van der Waals surface area contributed by atoms with E-state index in [9.17, 15) is 4.39 Å². The lowest BCUT2D eigenvalue weighted by molar-refractivity contribution is 0.404. The molecule has 0 saturated carbocycles. The highest BCUT2D eigenvalue weighted by molar-refractivity contribution is 6.30. The summed E-state index contributed by atoms with van der Waals surface area (Å²) in [6.45, 7) is 0. The average Bonchev–Trinajstić information content (AvgIpc) is 2.48. The molecule has 3 nitrogen and oxygen atoms in total. The summed E-state index contributed by atoms with van der Waals surface area (Å²) in [5.41, 5.74) is 4.01. The molecule has 0 aliphatic carbocycles. The topological polar surface area (TPSA) is 47.3 Å². The van der Waals surface area contributed by atoms with Crippen molar-refractivity contribution in [1.29, 1.82) is 0 Å². The van der Waals surface area contributed by atoms with E-state index < -0.39 is 5.82 Å². The Labute approximate surface area is 122 Å². The number of hydrazine groups is 1. The molecular weight excluding hydrogens is 279 g/mol. The molecular formula is C15H16ClFN2O. The van der Waals surface area contributed by atoms with Gasteiger partial charge in [-0.1, -0.05) is 41.9 Å². The van der Waals surface area contributed by atoms with Crippen molar-refractivity contribution in [2.24, 2.45) is 5.84 Å². The first-order valence-electron chi connectivity index (χ1n) is 6.19. The standard InChI is InChI=1S/C15H16ClFN2O/c1-20-14-8-3-2-5-10(14)9-13(19-18)11-6-4-7-12(16)15(11)17/h2-8,13,19H,9,18H2,1H3. The first-order chi connectivity index (χ1) is 9.67. The van der Waals surface area contributed by atoms with Crippen molar-refractivity contribution < 1.29 is 9.13 Å². The smallest absolute Gasteiger partial charge is 0.146 e. The maximum Gasteiger partial charge on any atom is 0.146 e. The van der Waals surface area contributed by atoms with Crippen LogP contribution in [0.2, 0.25) is 5.02 Å². The van der Waals surface area contributed by atoms with Crippen LogP contribution in [0.3, 0.4) is 0 Å². The second-order valence-corrected chi connectivity index (χ2v) is 4.79. The normalized spacial score (nSPS) is 12.2. The third-order valence-corrected chi connectivity index (χ3v) is 3.47. The fourth-order valence-electron chi connectivity index (χ4n) is 2.14. The van der Waals surface area contributed by atoms with Crippen LogP contribution in [0.25, 0.3) is 0 Å². The number of benzene rings is 2. The van der Waals surface area contributed by atoms with Gasteiger partial charge in [-0.15, -0.1) is 0 Å². The Morgan fingerprint density at radius 2 is 2.00 bits per heavy atom. The minimum absolute atomic E-state index is 0.0859. The van der Waals surface area contributed by atoms with E-state index in [-0.39, 0.29) is 11.1 Å². The average molecular weight is 295 g/mol. The highest BCUT2D eigenvalue weighted by atomic mass is 35.5. The predicted molar refractivity (Wildman–Crippen MR) is 78.2 cm³/mol. The van der Waals surface area contributed by atoms with Gasteiger partial charge in [-0.3, -0.25) is 11.3 Å². The van der Waals surface area contributed by atoms with Gasteiger partial charge in [0.15, 0.2) is 0 Å². The maximum absolute atomic E-state index is 14.1. The summed E-state index contributed by atoms with van der Waals surface area (Å²) in [6.07, 6.45) is 0.498. The lowest BCUT2D eigenvalue weighted by atomic mass is 9.98. The molecule has 2 aromatic carbocycles. The number of ether oxygens (including phenoxy) is 1. The van der Waals surface area contributed by atoms with Gasteiger partial charge in [0.1, 0.15) is 11.6 Å². The number of nitrogens with two attached hydrogens (primary N) is 1. The van der Waals surface area contributed by atoms with Crippen LogP contribution >= 0.6 is 11.6 Å². The Morgan fingerprint density at radius 1 is 1.25 bits per heavy atom. The summed E-state index contributed by atoms with van der Waals surface area (Å²) in [6, 6.07) is 12.1. The first-order valence-corrected chi connectivity index (χ1v) is 6.57. The summed E-state index contributed by atoms with van der Waals surface area (Å²) in [4.78, 5) is 0. The van der Waals surface area contributed by atoms with Gasteiger partial charge < -0.3 is 4.74 Å². The van der Waals surface area contributed by atoms with Crippen molar-refractivity contribution in [3.05, 3.63) is 64.4 Å². The summed E-state index contributed by atoms with van der Waals surface area (Å²) >= 11 is 5.81. The number of hydrogen-bond donors (Lipinski definition) is 2. The molecule has 0 heterocycles. The lowest BCUT2D eigenvalue weighted by Gasteiger charge is -2.19. The number of hydrogen-bond acceptors (Lipinski definition) is 3. The summed E-state index contributed by atoms with van der Waals surface area (Å²) in [5.74, 6) is 5.86. The van der Waals surface area contributed by atoms with Gasteiger partial charge in [-0.25, -0.2) is 4.39 Å². The van der Waals surface area contributed by atoms with Crippen LogP contribution in [0.15, 0.2) is 42.5 Å². The quantitative estimate of drug-likeness (QED) is 0.657. The van der Waals surface area contributed by atoms with Crippen LogP contribution in [0.1, 0.15) is 17.2 Å². The van der Waals surface area contributed by atoms with Crippen molar-refractivity contribution in [1.82, 2.24) is 5.43 Å². The van der Waals surface area contributed by atoms with E-state index in [1.165, 1.54) is 6.07 Å². The number of para-hydroxylation sites is 1. The summed E-state index contributed by atoms with van der Waals surface area (Å²) < 4.78 is 19.4. The maximum atomic E-state index is 14.1. The minimum atomic E-state index is -0.452. The predicted octanol–water partition coefficient (Wildman–Crippen LogP) is 3.23. The minimum Gasteiger partial charge on any atom is -0.496 e. The molecule has 3 N–H and O–H groups in total. The molecule has 1 atom stereocenters. The number of halogens is 2. The Kier molecular flexibility index (Phi) is 4.95. The Bertz CT molecular complexity index is 592. The van der Waals surface area contributed by atoms with E-state index in [2.05, 4.69) is 5.43 Å². The fraction of sp³-hybridized carbons (Fsp3) is 0.200. The van der Waals surface area contributed by atoms with Crippen LogP contribution in [-0.2, 0) is 6.42 Å². The molecule has 0 spiro atoms. The third-order valence-electron chi connectivity index (χ3n) is 3.17. The highest BCUT2D eigenvalue weighted by Crippen LogP contribution is 2.28. The molecule has 106 valence electrons. The Morgan fingerprint density at radius 3 is 2.70 bits per heavy atom. The van der Waals surface area contributed by atoms with Crippen molar-refractivity contribution in [2.75, 3.05) is 7.11 Å². The van der Waals surface area contributed by atoms with Crippen molar-refractivity contribution >= 4 is 11.6 Å². The largest absolute Gasteiger partial charge is 0.496 e. The van der Waals surface area contributed by atoms with Crippen LogP contribution in [0.4, 0.5) is 4.39 Å². The van der Waals surface area contributed by atoms with Gasteiger partial charge in [-0.2, -0.15) is 0 Å². The lowest BCUT2D eigenvalue weighted by Crippen LogP contribution is -2.30. The van der Waals surface area contributed by atoms with Crippen LogP contribution in [-0.4, -0.2) is 7.11 Å². The molecule has 0 saturated heterocycles. The third kappa shape index (κ3) is 3.10. The molecule has 0 aromatic heterocycles. The van der Waals surface area contributed by atoms with Crippen molar-refractivity contribution in [3.8, 4) is 5.75 Å². The summed E-state index contributed by atoms with van der Waals surface area (Å²) in [7, 11) is 1.60. The first kappa shape index (κ1) is 14.8. The fourth-order valence-corrected chi connectivity index (χ4v) is 2.32. The number of methoxy groups -OCH3 is 1. The zero-order valence-corrected chi connectivity index (χ0v) is 11.8. The second kappa shape index (κ2) is 6.70. The van der Waals surface area contributed by atoms with Crippen LogP contribution < -0.4 is 16.0 Å². The van der Waals surface area contributed by atoms with E-state index in [0.717, 1.165) is 11.3 Å². The molecule has 0 fully saturated rings. The number of rotatable bonds is 5. The highest BCUT2D eigenvalue weighted by Gasteiger charge is 2.18. The molecule has 0 amide bonds. The van der Waals surface area contributed by atoms with Crippen LogP contribution in [0, 0.1) is 5.82 Å². The van der Waals surface area contributed by atoms with Crippen molar-refractivity contribution in [2.45, 2.75) is 12.5 Å². The van der Waals surface area contributed by atoms with E-state index >= 15 is 0 Å². The Balaban J connectivity index is 2.31. The van der Waals surface area contributed by atoms with Gasteiger partial charge in [0.2, 0.25) is 0 Å². The molecule has 0 aliphatic heterocycles. The molecule has 0 radical (unpaired) electrons. The SMILES string of the molecule is COc1ccccc1CC(NN)c1cccc(Cl)c1F. The second-order valence-electron chi connectivity index (χ2n) is 4.38. The van der Waals surface area contributed by atoms with E-state index in [0.29, 0.717) is 12.0 Å². The zero-order valence-electron chi connectivity index (χ0n) is 11.1. The molecule has 0 bridgehead atoms. The Hall–Kier alpha value is -1.62. The van der Waals surface area contributed by atoms with Gasteiger partial charge in [0.25, 0.3) is 0 Å². The monoisotopic (exact) mass is 294 g/mol. The van der Waals surface area contributed by atoms with Crippen molar-refractivity contribution in [3.63, 3.8) is 0 Å². The molecule has 0 aliphatic rings. The van der Waals surface area contributed by atoms with Gasteiger partial charge in [0.05, 0.1) is 18.2 Å². The molecule has 20 heavy (non-hydrogen) atoms. The van der Waals surface area contributed by atoms with E-state index in [1.54, 1.807) is 19.2 Å². The molecule has 2 aromatic rings. The van der Waals surface area contributed by atoms with Crippen LogP contribution in [0.5, 0.6) is 5.75 Å². The van der Waals surface area contributed by atoms with Gasteiger partial charge >= 0.3 is 0 Å². The zero-order chi connectivity index (χ0) is 14.5. The van der Waals surface area contributed by atoms with Gasteiger partial charge in [0, 0.05) is 5.56 Å². The van der Waals surface area contributed by atoms with E-state index in [1.807, 2.05) is 24.3 Å². The van der Waals surface area contributed by atoms with Gasteiger partial charge in [-0.05, 0) is 24.1 Å². The van der Waals surface area contributed by atoms with E-state index in [4.69, 9.17) is 22.2 Å². The number of nitrogens with one attached hydrogen (secondary N) is 1. The molecule has 5 heteroatoms. The molecule has 1 unspecified atom stereocenters. The molecule has 2 rings (SSSR count).